The molecular formula is C28H39N9O. The van der Waals surface area contributed by atoms with Gasteiger partial charge in [0.1, 0.15) is 0 Å². The molecule has 3 N–H and O–H groups in total. The number of pyridine rings is 1. The van der Waals surface area contributed by atoms with E-state index < -0.39 is 0 Å². The number of nitrogens with one attached hydrogen (secondary N) is 3. The summed E-state index contributed by atoms with van der Waals surface area (Å²) in [4.78, 5) is 35.3. The van der Waals surface area contributed by atoms with Gasteiger partial charge in [-0.2, -0.15) is 15.0 Å². The number of anilines is 4. The van der Waals surface area contributed by atoms with Crippen LogP contribution in [0.4, 0.5) is 23.5 Å². The summed E-state index contributed by atoms with van der Waals surface area (Å²) in [5, 5.41) is 9.54. The predicted molar refractivity (Wildman–Crippen MR) is 152 cm³/mol. The molecule has 202 valence electrons. The van der Waals surface area contributed by atoms with Crippen molar-refractivity contribution in [2.24, 2.45) is 5.41 Å². The normalized spacial score (nSPS) is 15.8. The predicted octanol–water partition coefficient (Wildman–Crippen LogP) is 3.85. The SMILES string of the molecule is CNC(=O)c1ccc(C)c(Nc2nc(N[C@H]3CCN(Cc4ccccn4)C3)nc(N(C)CC(C)(C)C)n2)c1. The number of amides is 1. The van der Waals surface area contributed by atoms with Crippen LogP contribution in [0.5, 0.6) is 0 Å². The van der Waals surface area contributed by atoms with Crippen molar-refractivity contribution in [3.8, 4) is 0 Å². The van der Waals surface area contributed by atoms with Gasteiger partial charge >= 0.3 is 0 Å². The molecular weight excluding hydrogens is 478 g/mol. The van der Waals surface area contributed by atoms with Crippen LogP contribution < -0.4 is 20.9 Å². The molecule has 1 amide bonds. The minimum Gasteiger partial charge on any atom is -0.355 e. The van der Waals surface area contributed by atoms with E-state index in [1.54, 1.807) is 13.1 Å². The van der Waals surface area contributed by atoms with Crippen LogP contribution in [-0.2, 0) is 6.54 Å². The zero-order chi connectivity index (χ0) is 27.3. The second-order valence-electron chi connectivity index (χ2n) is 11.1. The number of hydrogen-bond acceptors (Lipinski definition) is 9. The summed E-state index contributed by atoms with van der Waals surface area (Å²) in [6, 6.07) is 11.8. The van der Waals surface area contributed by atoms with E-state index in [1.807, 2.05) is 49.3 Å². The zero-order valence-corrected chi connectivity index (χ0v) is 23.2. The fourth-order valence-electron chi connectivity index (χ4n) is 4.60. The van der Waals surface area contributed by atoms with Crippen LogP contribution >= 0.6 is 0 Å². The molecule has 0 bridgehead atoms. The minimum atomic E-state index is -0.145. The van der Waals surface area contributed by atoms with Gasteiger partial charge in [-0.3, -0.25) is 14.7 Å². The number of aromatic nitrogens is 4. The maximum Gasteiger partial charge on any atom is 0.251 e. The summed E-state index contributed by atoms with van der Waals surface area (Å²) in [5.41, 5.74) is 3.46. The molecule has 10 nitrogen and oxygen atoms in total. The Labute approximate surface area is 225 Å². The Morgan fingerprint density at radius 3 is 2.63 bits per heavy atom. The van der Waals surface area contributed by atoms with Gasteiger partial charge in [-0.05, 0) is 48.6 Å². The van der Waals surface area contributed by atoms with Gasteiger partial charge in [-0.1, -0.05) is 32.9 Å². The summed E-state index contributed by atoms with van der Waals surface area (Å²) in [7, 11) is 3.62. The second-order valence-corrected chi connectivity index (χ2v) is 11.1. The molecule has 1 aliphatic heterocycles. The molecule has 1 atom stereocenters. The molecule has 1 aromatic carbocycles. The van der Waals surface area contributed by atoms with Crippen molar-refractivity contribution in [3.63, 3.8) is 0 Å². The lowest BCUT2D eigenvalue weighted by atomic mass is 9.96. The van der Waals surface area contributed by atoms with E-state index >= 15 is 0 Å². The fraction of sp³-hybridized carbons (Fsp3) is 0.464. The molecule has 1 saturated heterocycles. The fourth-order valence-corrected chi connectivity index (χ4v) is 4.60. The molecule has 4 rings (SSSR count). The van der Waals surface area contributed by atoms with E-state index in [0.29, 0.717) is 23.4 Å². The third-order valence-corrected chi connectivity index (χ3v) is 6.37. The summed E-state index contributed by atoms with van der Waals surface area (Å²) in [6.07, 6.45) is 2.82. The highest BCUT2D eigenvalue weighted by molar-refractivity contribution is 5.95. The van der Waals surface area contributed by atoms with Crippen molar-refractivity contribution in [2.45, 2.75) is 46.7 Å². The molecule has 0 saturated carbocycles. The first-order chi connectivity index (χ1) is 18.1. The van der Waals surface area contributed by atoms with Crippen molar-refractivity contribution in [2.75, 3.05) is 49.3 Å². The number of aryl methyl sites for hydroxylation is 1. The number of likely N-dealkylation sites (tertiary alicyclic amines) is 1. The van der Waals surface area contributed by atoms with Crippen LogP contribution in [0.1, 0.15) is 48.8 Å². The van der Waals surface area contributed by atoms with Crippen LogP contribution in [0.15, 0.2) is 42.6 Å². The van der Waals surface area contributed by atoms with E-state index in [9.17, 15) is 4.79 Å². The standard InChI is InChI=1S/C28H39N9O/c1-19-10-11-20(24(38)29-5)15-23(19)32-26-33-25(34-27(35-26)36(6)18-28(2,3)4)31-22-12-14-37(17-22)16-21-9-7-8-13-30-21/h7-11,13,15,22H,12,14,16-18H2,1-6H3,(H,29,38)(H2,31,32,33,34,35)/t22-/m0/s1. The van der Waals surface area contributed by atoms with E-state index in [0.717, 1.165) is 49.5 Å². The van der Waals surface area contributed by atoms with Gasteiger partial charge in [-0.25, -0.2) is 0 Å². The third-order valence-electron chi connectivity index (χ3n) is 6.37. The van der Waals surface area contributed by atoms with Crippen LogP contribution in [0.25, 0.3) is 0 Å². The average molecular weight is 518 g/mol. The van der Waals surface area contributed by atoms with E-state index in [2.05, 4.69) is 52.7 Å². The van der Waals surface area contributed by atoms with Crippen molar-refractivity contribution >= 4 is 29.4 Å². The number of benzene rings is 1. The summed E-state index contributed by atoms with van der Waals surface area (Å²) in [6.45, 7) is 12.0. The van der Waals surface area contributed by atoms with Gasteiger partial charge in [0.05, 0.1) is 5.69 Å². The topological polar surface area (TPSA) is 111 Å². The lowest BCUT2D eigenvalue weighted by Gasteiger charge is -2.27. The molecule has 0 radical (unpaired) electrons. The number of carbonyl (C=O) groups excluding carboxylic acids is 1. The van der Waals surface area contributed by atoms with Crippen molar-refractivity contribution in [1.82, 2.24) is 30.2 Å². The average Bonchev–Trinajstić information content (AvgIpc) is 3.30. The minimum absolute atomic E-state index is 0.0679. The largest absolute Gasteiger partial charge is 0.355 e. The van der Waals surface area contributed by atoms with Crippen LogP contribution in [0, 0.1) is 12.3 Å². The Kier molecular flexibility index (Phi) is 8.41. The molecule has 0 aliphatic carbocycles. The molecule has 0 unspecified atom stereocenters. The first kappa shape index (κ1) is 27.3. The Balaban J connectivity index is 1.55. The highest BCUT2D eigenvalue weighted by Crippen LogP contribution is 2.25. The van der Waals surface area contributed by atoms with E-state index in [1.165, 1.54) is 0 Å². The van der Waals surface area contributed by atoms with Gasteiger partial charge < -0.3 is 20.9 Å². The van der Waals surface area contributed by atoms with Crippen LogP contribution in [0.3, 0.4) is 0 Å². The van der Waals surface area contributed by atoms with E-state index in [-0.39, 0.29) is 17.4 Å². The molecule has 1 aliphatic rings. The molecule has 10 heteroatoms. The van der Waals surface area contributed by atoms with Crippen molar-refractivity contribution in [3.05, 3.63) is 59.4 Å². The Hall–Kier alpha value is -3.79. The molecule has 38 heavy (non-hydrogen) atoms. The van der Waals surface area contributed by atoms with Crippen LogP contribution in [-0.4, -0.2) is 70.5 Å². The van der Waals surface area contributed by atoms with E-state index in [4.69, 9.17) is 15.0 Å². The van der Waals surface area contributed by atoms with Gasteiger partial charge in [-0.15, -0.1) is 0 Å². The van der Waals surface area contributed by atoms with Crippen molar-refractivity contribution in [1.29, 1.82) is 0 Å². The molecule has 1 fully saturated rings. The van der Waals surface area contributed by atoms with Crippen LogP contribution in [0.2, 0.25) is 0 Å². The van der Waals surface area contributed by atoms with Gasteiger partial charge in [0.15, 0.2) is 0 Å². The number of hydrogen-bond donors (Lipinski definition) is 3. The Bertz CT molecular complexity index is 1240. The number of carbonyl (C=O) groups is 1. The number of nitrogens with zero attached hydrogens (tertiary/aromatic N) is 6. The Morgan fingerprint density at radius 1 is 1.13 bits per heavy atom. The lowest BCUT2D eigenvalue weighted by Crippen LogP contribution is -2.31. The smallest absolute Gasteiger partial charge is 0.251 e. The summed E-state index contributed by atoms with van der Waals surface area (Å²) in [5.74, 6) is 1.40. The Morgan fingerprint density at radius 2 is 1.92 bits per heavy atom. The third kappa shape index (κ3) is 7.38. The second kappa shape index (κ2) is 11.7. The van der Waals surface area contributed by atoms with Crippen molar-refractivity contribution < 1.29 is 4.79 Å². The lowest BCUT2D eigenvalue weighted by molar-refractivity contribution is 0.0963. The number of rotatable bonds is 9. The quantitative estimate of drug-likeness (QED) is 0.390. The van der Waals surface area contributed by atoms with Gasteiger partial charge in [0.2, 0.25) is 17.8 Å². The molecule has 3 aromatic rings. The summed E-state index contributed by atoms with van der Waals surface area (Å²) < 4.78 is 0. The molecule has 2 aromatic heterocycles. The van der Waals surface area contributed by atoms with Gasteiger partial charge in [0, 0.05) is 63.8 Å². The first-order valence-corrected chi connectivity index (χ1v) is 13.1. The zero-order valence-electron chi connectivity index (χ0n) is 23.2. The maximum absolute atomic E-state index is 12.2. The monoisotopic (exact) mass is 517 g/mol. The first-order valence-electron chi connectivity index (χ1n) is 13.1. The highest BCUT2D eigenvalue weighted by atomic mass is 16.1. The molecule has 3 heterocycles. The molecule has 0 spiro atoms. The maximum atomic E-state index is 12.2. The summed E-state index contributed by atoms with van der Waals surface area (Å²) >= 11 is 0. The highest BCUT2D eigenvalue weighted by Gasteiger charge is 2.25. The van der Waals surface area contributed by atoms with Gasteiger partial charge in [0.25, 0.3) is 5.91 Å².